The summed E-state index contributed by atoms with van der Waals surface area (Å²) in [6.45, 7) is 2.83. The Balaban J connectivity index is 1.34. The number of nitrogens with one attached hydrogen (secondary N) is 2. The summed E-state index contributed by atoms with van der Waals surface area (Å²) < 4.78 is 0. The van der Waals surface area contributed by atoms with Gasteiger partial charge in [0.15, 0.2) is 0 Å². The lowest BCUT2D eigenvalue weighted by molar-refractivity contribution is -0.121. The van der Waals surface area contributed by atoms with Crippen molar-refractivity contribution in [3.05, 3.63) is 46.5 Å². The summed E-state index contributed by atoms with van der Waals surface area (Å²) in [6.07, 6.45) is 7.78. The summed E-state index contributed by atoms with van der Waals surface area (Å²) in [7, 11) is 0. The standard InChI is InChI=1S/C22H29ClN4O3/c23-19-9-5-4-8-18(19)21(29)27-14-12-26(13-15-27)16-20(28)25-22(30)24-11-10-17-6-2-1-3-7-17/h4-6,8-9H,1-3,7,10-16H2,(H2,24,25,28,30). The molecule has 3 rings (SSSR count). The van der Waals surface area contributed by atoms with Crippen LogP contribution in [-0.4, -0.2) is 66.9 Å². The molecule has 1 aromatic rings. The van der Waals surface area contributed by atoms with Crippen molar-refractivity contribution in [1.29, 1.82) is 0 Å². The average molecular weight is 433 g/mol. The van der Waals surface area contributed by atoms with E-state index in [1.165, 1.54) is 18.4 Å². The fourth-order valence-electron chi connectivity index (χ4n) is 3.80. The molecule has 0 atom stereocenters. The molecule has 1 aliphatic heterocycles. The van der Waals surface area contributed by atoms with Gasteiger partial charge in [0, 0.05) is 32.7 Å². The van der Waals surface area contributed by atoms with E-state index in [0.717, 1.165) is 19.3 Å². The van der Waals surface area contributed by atoms with E-state index < -0.39 is 6.03 Å². The molecule has 2 aliphatic rings. The first-order chi connectivity index (χ1) is 14.5. The normalized spacial score (nSPS) is 17.2. The minimum absolute atomic E-state index is 0.0999. The van der Waals surface area contributed by atoms with Crippen molar-refractivity contribution in [2.45, 2.75) is 32.1 Å². The molecule has 1 saturated heterocycles. The van der Waals surface area contributed by atoms with Gasteiger partial charge in [0.05, 0.1) is 17.1 Å². The van der Waals surface area contributed by atoms with Crippen molar-refractivity contribution >= 4 is 29.4 Å². The van der Waals surface area contributed by atoms with Crippen molar-refractivity contribution < 1.29 is 14.4 Å². The Labute approximate surface area is 182 Å². The average Bonchev–Trinajstić information content (AvgIpc) is 2.75. The minimum Gasteiger partial charge on any atom is -0.337 e. The number of imide groups is 1. The number of piperazine rings is 1. The Bertz CT molecular complexity index is 803. The van der Waals surface area contributed by atoms with Crippen LogP contribution in [0.3, 0.4) is 0 Å². The molecule has 4 amide bonds. The number of halogens is 1. The summed E-state index contributed by atoms with van der Waals surface area (Å²) in [5.41, 5.74) is 1.88. The minimum atomic E-state index is -0.455. The topological polar surface area (TPSA) is 81.8 Å². The van der Waals surface area contributed by atoms with Crippen LogP contribution in [0.4, 0.5) is 4.79 Å². The van der Waals surface area contributed by atoms with Crippen molar-refractivity contribution in [1.82, 2.24) is 20.4 Å². The van der Waals surface area contributed by atoms with Crippen LogP contribution in [0.15, 0.2) is 35.9 Å². The second-order valence-corrected chi connectivity index (χ2v) is 8.12. The van der Waals surface area contributed by atoms with Gasteiger partial charge in [-0.25, -0.2) is 4.79 Å². The fraction of sp³-hybridized carbons (Fsp3) is 0.500. The number of hydrogen-bond donors (Lipinski definition) is 2. The van der Waals surface area contributed by atoms with E-state index in [1.807, 2.05) is 4.90 Å². The van der Waals surface area contributed by atoms with Gasteiger partial charge in [0.2, 0.25) is 5.91 Å². The Morgan fingerprint density at radius 3 is 2.50 bits per heavy atom. The van der Waals surface area contributed by atoms with Gasteiger partial charge >= 0.3 is 6.03 Å². The van der Waals surface area contributed by atoms with Gasteiger partial charge in [-0.1, -0.05) is 35.4 Å². The molecular weight excluding hydrogens is 404 g/mol. The monoisotopic (exact) mass is 432 g/mol. The first kappa shape index (κ1) is 22.3. The van der Waals surface area contributed by atoms with Gasteiger partial charge in [0.1, 0.15) is 0 Å². The number of urea groups is 1. The van der Waals surface area contributed by atoms with E-state index in [1.54, 1.807) is 29.2 Å². The maximum absolute atomic E-state index is 12.6. The van der Waals surface area contributed by atoms with Crippen LogP contribution in [0.1, 0.15) is 42.5 Å². The lowest BCUT2D eigenvalue weighted by Gasteiger charge is -2.34. The zero-order valence-electron chi connectivity index (χ0n) is 17.2. The molecule has 0 radical (unpaired) electrons. The predicted molar refractivity (Wildman–Crippen MR) is 117 cm³/mol. The molecule has 162 valence electrons. The molecule has 2 N–H and O–H groups in total. The lowest BCUT2D eigenvalue weighted by atomic mass is 9.97. The zero-order chi connectivity index (χ0) is 21.3. The van der Waals surface area contributed by atoms with Gasteiger partial charge in [-0.05, 0) is 44.2 Å². The third-order valence-electron chi connectivity index (χ3n) is 5.50. The van der Waals surface area contributed by atoms with Crippen LogP contribution in [0, 0.1) is 0 Å². The van der Waals surface area contributed by atoms with Crippen LogP contribution in [0.5, 0.6) is 0 Å². The second kappa shape index (κ2) is 11.1. The molecule has 30 heavy (non-hydrogen) atoms. The Hall–Kier alpha value is -2.38. The molecule has 0 bridgehead atoms. The van der Waals surface area contributed by atoms with Crippen LogP contribution >= 0.6 is 11.6 Å². The highest BCUT2D eigenvalue weighted by atomic mass is 35.5. The van der Waals surface area contributed by atoms with Crippen LogP contribution < -0.4 is 10.6 Å². The van der Waals surface area contributed by atoms with Gasteiger partial charge in [-0.2, -0.15) is 0 Å². The third kappa shape index (κ3) is 6.57. The highest BCUT2D eigenvalue weighted by molar-refractivity contribution is 6.33. The number of amides is 4. The van der Waals surface area contributed by atoms with Crippen LogP contribution in [0.25, 0.3) is 0 Å². The van der Waals surface area contributed by atoms with E-state index in [0.29, 0.717) is 43.3 Å². The van der Waals surface area contributed by atoms with Gasteiger partial charge < -0.3 is 10.2 Å². The molecule has 1 heterocycles. The number of allylic oxidation sites excluding steroid dienone is 1. The lowest BCUT2D eigenvalue weighted by Crippen LogP contribution is -2.52. The van der Waals surface area contributed by atoms with E-state index in [2.05, 4.69) is 16.7 Å². The summed E-state index contributed by atoms with van der Waals surface area (Å²) in [5, 5.41) is 5.57. The van der Waals surface area contributed by atoms with Gasteiger partial charge in [-0.3, -0.25) is 19.8 Å². The van der Waals surface area contributed by atoms with Gasteiger partial charge in [0.25, 0.3) is 5.91 Å². The van der Waals surface area contributed by atoms with E-state index in [-0.39, 0.29) is 18.4 Å². The Kier molecular flexibility index (Phi) is 8.28. The largest absolute Gasteiger partial charge is 0.337 e. The summed E-state index contributed by atoms with van der Waals surface area (Å²) in [5.74, 6) is -0.438. The van der Waals surface area contributed by atoms with E-state index >= 15 is 0 Å². The number of rotatable bonds is 6. The van der Waals surface area contributed by atoms with E-state index in [4.69, 9.17) is 11.6 Å². The third-order valence-corrected chi connectivity index (χ3v) is 5.83. The Morgan fingerprint density at radius 1 is 1.03 bits per heavy atom. The van der Waals surface area contributed by atoms with Crippen molar-refractivity contribution in [2.24, 2.45) is 0 Å². The molecule has 0 saturated carbocycles. The number of carbonyl (C=O) groups excluding carboxylic acids is 3. The number of benzene rings is 1. The number of hydrogen-bond acceptors (Lipinski definition) is 4. The number of carbonyl (C=O) groups is 3. The maximum Gasteiger partial charge on any atom is 0.321 e. The second-order valence-electron chi connectivity index (χ2n) is 7.71. The van der Waals surface area contributed by atoms with Crippen LogP contribution in [-0.2, 0) is 4.79 Å². The van der Waals surface area contributed by atoms with Crippen molar-refractivity contribution in [3.8, 4) is 0 Å². The highest BCUT2D eigenvalue weighted by Gasteiger charge is 2.24. The quantitative estimate of drug-likeness (QED) is 0.677. The van der Waals surface area contributed by atoms with Crippen molar-refractivity contribution in [2.75, 3.05) is 39.3 Å². The molecule has 7 nitrogen and oxygen atoms in total. The molecule has 1 aliphatic carbocycles. The molecule has 0 spiro atoms. The summed E-state index contributed by atoms with van der Waals surface area (Å²) in [4.78, 5) is 40.3. The summed E-state index contributed by atoms with van der Waals surface area (Å²) in [6, 6.07) is 6.54. The highest BCUT2D eigenvalue weighted by Crippen LogP contribution is 2.19. The molecule has 1 aromatic carbocycles. The van der Waals surface area contributed by atoms with Gasteiger partial charge in [-0.15, -0.1) is 0 Å². The molecular formula is C22H29ClN4O3. The molecule has 0 unspecified atom stereocenters. The predicted octanol–water partition coefficient (Wildman–Crippen LogP) is 2.81. The summed E-state index contributed by atoms with van der Waals surface area (Å²) >= 11 is 6.11. The SMILES string of the molecule is O=C(CN1CCN(C(=O)c2ccccc2Cl)CC1)NC(=O)NCCC1=CCCCC1. The van der Waals surface area contributed by atoms with Crippen molar-refractivity contribution in [3.63, 3.8) is 0 Å². The first-order valence-corrected chi connectivity index (χ1v) is 10.9. The Morgan fingerprint density at radius 2 is 1.80 bits per heavy atom. The zero-order valence-corrected chi connectivity index (χ0v) is 17.9. The molecule has 0 aromatic heterocycles. The fourth-order valence-corrected chi connectivity index (χ4v) is 4.01. The van der Waals surface area contributed by atoms with E-state index in [9.17, 15) is 14.4 Å². The van der Waals surface area contributed by atoms with Crippen LogP contribution in [0.2, 0.25) is 5.02 Å². The molecule has 1 fully saturated rings. The molecule has 8 heteroatoms. The first-order valence-electron chi connectivity index (χ1n) is 10.5. The number of nitrogens with zero attached hydrogens (tertiary/aromatic N) is 2. The smallest absolute Gasteiger partial charge is 0.321 e. The maximum atomic E-state index is 12.6.